The number of benzene rings is 2. The number of nitrogens with two attached hydrogens (primary N) is 1. The highest BCUT2D eigenvalue weighted by Gasteiger charge is 2.28. The standard InChI is InChI=1S/C26H26F3N5O2/c1-31-22(25(36)33-21-12-13-21)16-34(30)23-14-11-20(24(35)32-17-26(27,28)29)15-19(23)10-6-5-9-18-7-3-2-4-8-18/h2-4,7-8,11,14-16,21H,1,5,9,12-13,17,30H2,(H,32,35)(H,33,36)/b22-16-. The molecule has 1 aliphatic carbocycles. The van der Waals surface area contributed by atoms with E-state index in [0.29, 0.717) is 24.1 Å². The number of anilines is 1. The molecule has 0 aliphatic heterocycles. The topological polar surface area (TPSA) is 99.8 Å². The number of aryl methyl sites for hydroxylation is 1. The Kier molecular flexibility index (Phi) is 8.86. The van der Waals surface area contributed by atoms with Crippen LogP contribution in [0.4, 0.5) is 18.9 Å². The van der Waals surface area contributed by atoms with Gasteiger partial charge in [-0.2, -0.15) is 13.2 Å². The molecular formula is C26H26F3N5O2. The molecule has 3 rings (SSSR count). The van der Waals surface area contributed by atoms with E-state index in [1.54, 1.807) is 0 Å². The van der Waals surface area contributed by atoms with E-state index in [9.17, 15) is 22.8 Å². The van der Waals surface area contributed by atoms with E-state index in [0.717, 1.165) is 23.4 Å². The Morgan fingerprint density at radius 2 is 1.92 bits per heavy atom. The number of carbonyl (C=O) groups is 2. The minimum Gasteiger partial charge on any atom is -0.348 e. The molecule has 2 amide bonds. The summed E-state index contributed by atoms with van der Waals surface area (Å²) in [6.45, 7) is 1.96. The van der Waals surface area contributed by atoms with Crippen LogP contribution in [0, 0.1) is 11.8 Å². The Hall–Kier alpha value is -4.10. The molecule has 0 atom stereocenters. The van der Waals surface area contributed by atoms with Gasteiger partial charge in [0.25, 0.3) is 11.8 Å². The largest absolute Gasteiger partial charge is 0.405 e. The molecule has 1 aliphatic rings. The first-order valence-electron chi connectivity index (χ1n) is 11.2. The molecule has 2 aromatic carbocycles. The van der Waals surface area contributed by atoms with E-state index >= 15 is 0 Å². The highest BCUT2D eigenvalue weighted by atomic mass is 19.4. The highest BCUT2D eigenvalue weighted by Crippen LogP contribution is 2.22. The number of nitrogens with one attached hydrogen (secondary N) is 2. The summed E-state index contributed by atoms with van der Waals surface area (Å²) in [6.07, 6.45) is -0.293. The number of rotatable bonds is 9. The maximum atomic E-state index is 12.5. The highest BCUT2D eigenvalue weighted by molar-refractivity contribution is 5.96. The van der Waals surface area contributed by atoms with Crippen LogP contribution >= 0.6 is 0 Å². The smallest absolute Gasteiger partial charge is 0.348 e. The average molecular weight is 498 g/mol. The van der Waals surface area contributed by atoms with Crippen LogP contribution in [0.5, 0.6) is 0 Å². The van der Waals surface area contributed by atoms with Gasteiger partial charge in [0.05, 0.1) is 17.5 Å². The predicted molar refractivity (Wildman–Crippen MR) is 132 cm³/mol. The van der Waals surface area contributed by atoms with Gasteiger partial charge >= 0.3 is 6.18 Å². The third kappa shape index (κ3) is 8.29. The zero-order valence-corrected chi connectivity index (χ0v) is 19.4. The Labute approximate surface area is 207 Å². The zero-order chi connectivity index (χ0) is 26.1. The van der Waals surface area contributed by atoms with Crippen LogP contribution in [0.3, 0.4) is 0 Å². The third-order valence-electron chi connectivity index (χ3n) is 5.17. The molecule has 1 saturated carbocycles. The number of halogens is 3. The predicted octanol–water partition coefficient (Wildman–Crippen LogP) is 3.46. The molecule has 2 aromatic rings. The van der Waals surface area contributed by atoms with Gasteiger partial charge in [-0.15, -0.1) is 0 Å². The first-order valence-corrected chi connectivity index (χ1v) is 11.2. The fourth-order valence-electron chi connectivity index (χ4n) is 3.15. The van der Waals surface area contributed by atoms with Gasteiger partial charge in [0.15, 0.2) is 0 Å². The third-order valence-corrected chi connectivity index (χ3v) is 5.17. The second-order valence-electron chi connectivity index (χ2n) is 8.14. The monoisotopic (exact) mass is 497 g/mol. The number of hydrazine groups is 1. The number of aliphatic imine (C=N–C) groups is 1. The molecule has 10 heteroatoms. The summed E-state index contributed by atoms with van der Waals surface area (Å²) in [5, 5.41) is 5.75. The van der Waals surface area contributed by atoms with Crippen LogP contribution in [-0.4, -0.2) is 37.3 Å². The Morgan fingerprint density at radius 1 is 1.19 bits per heavy atom. The van der Waals surface area contributed by atoms with Crippen molar-refractivity contribution in [2.24, 2.45) is 10.8 Å². The molecular weight excluding hydrogens is 471 g/mol. The van der Waals surface area contributed by atoms with Crippen LogP contribution in [0.1, 0.15) is 40.7 Å². The van der Waals surface area contributed by atoms with E-state index in [-0.39, 0.29) is 17.3 Å². The lowest BCUT2D eigenvalue weighted by atomic mass is 10.1. The van der Waals surface area contributed by atoms with Crippen LogP contribution < -0.4 is 21.5 Å². The average Bonchev–Trinajstić information content (AvgIpc) is 3.67. The molecule has 0 aromatic heterocycles. The molecule has 0 saturated heterocycles. The number of amides is 2. The zero-order valence-electron chi connectivity index (χ0n) is 19.4. The number of alkyl halides is 3. The summed E-state index contributed by atoms with van der Waals surface area (Å²) in [7, 11) is 0. The molecule has 0 spiro atoms. The summed E-state index contributed by atoms with van der Waals surface area (Å²) in [6, 6.07) is 13.9. The summed E-state index contributed by atoms with van der Waals surface area (Å²) in [5.41, 5.74) is 1.70. The van der Waals surface area contributed by atoms with E-state index in [1.165, 1.54) is 24.4 Å². The van der Waals surface area contributed by atoms with Crippen LogP contribution in [0.15, 0.2) is 65.4 Å². The van der Waals surface area contributed by atoms with E-state index in [4.69, 9.17) is 5.84 Å². The van der Waals surface area contributed by atoms with Crippen molar-refractivity contribution < 1.29 is 22.8 Å². The van der Waals surface area contributed by atoms with Gasteiger partial charge in [-0.3, -0.25) is 19.6 Å². The van der Waals surface area contributed by atoms with E-state index in [2.05, 4.69) is 28.9 Å². The Balaban J connectivity index is 1.85. The maximum Gasteiger partial charge on any atom is 0.405 e. The molecule has 188 valence electrons. The summed E-state index contributed by atoms with van der Waals surface area (Å²) in [4.78, 5) is 28.4. The lowest BCUT2D eigenvalue weighted by Gasteiger charge is -2.18. The normalized spacial score (nSPS) is 13.3. The van der Waals surface area contributed by atoms with E-state index in [1.807, 2.05) is 35.6 Å². The van der Waals surface area contributed by atoms with Crippen molar-refractivity contribution >= 4 is 24.2 Å². The first kappa shape index (κ1) is 26.5. The van der Waals surface area contributed by atoms with Gasteiger partial charge in [-0.05, 0) is 49.7 Å². The summed E-state index contributed by atoms with van der Waals surface area (Å²) >= 11 is 0. The Morgan fingerprint density at radius 3 is 2.56 bits per heavy atom. The van der Waals surface area contributed by atoms with Gasteiger partial charge < -0.3 is 10.6 Å². The minimum atomic E-state index is -4.54. The number of carbonyl (C=O) groups excluding carboxylic acids is 2. The van der Waals surface area contributed by atoms with Gasteiger partial charge in [0.1, 0.15) is 12.2 Å². The SMILES string of the molecule is C=N/C(=C\N(N)c1ccc(C(=O)NCC(F)(F)F)cc1C#CCCc1ccccc1)C(=O)NC1CC1. The van der Waals surface area contributed by atoms with Gasteiger partial charge in [0.2, 0.25) is 0 Å². The van der Waals surface area contributed by atoms with Crippen LogP contribution in [0.25, 0.3) is 0 Å². The molecule has 0 unspecified atom stereocenters. The van der Waals surface area contributed by atoms with E-state index < -0.39 is 24.5 Å². The quantitative estimate of drug-likeness (QED) is 0.162. The van der Waals surface area contributed by atoms with Crippen molar-refractivity contribution in [1.82, 2.24) is 10.6 Å². The Bertz CT molecular complexity index is 1200. The molecule has 36 heavy (non-hydrogen) atoms. The van der Waals surface area contributed by atoms with Crippen molar-refractivity contribution in [3.05, 3.63) is 77.1 Å². The molecule has 0 heterocycles. The lowest BCUT2D eigenvalue weighted by Crippen LogP contribution is -2.34. The lowest BCUT2D eigenvalue weighted by molar-refractivity contribution is -0.123. The van der Waals surface area contributed by atoms with Gasteiger partial charge in [0, 0.05) is 18.0 Å². The van der Waals surface area contributed by atoms with Crippen LogP contribution in [-0.2, 0) is 11.2 Å². The number of nitrogens with zero attached hydrogens (tertiary/aromatic N) is 2. The molecule has 4 N–H and O–H groups in total. The molecule has 7 nitrogen and oxygen atoms in total. The fraction of sp³-hybridized carbons (Fsp3) is 0.269. The summed E-state index contributed by atoms with van der Waals surface area (Å²) in [5.74, 6) is 10.8. The van der Waals surface area contributed by atoms with Crippen molar-refractivity contribution in [2.45, 2.75) is 37.9 Å². The second kappa shape index (κ2) is 12.0. The van der Waals surface area contributed by atoms with Gasteiger partial charge in [-0.25, -0.2) is 5.84 Å². The van der Waals surface area contributed by atoms with Crippen molar-refractivity contribution in [2.75, 3.05) is 11.6 Å². The van der Waals surface area contributed by atoms with Crippen molar-refractivity contribution in [3.8, 4) is 11.8 Å². The van der Waals surface area contributed by atoms with Crippen molar-refractivity contribution in [1.29, 1.82) is 0 Å². The second-order valence-corrected chi connectivity index (χ2v) is 8.14. The fourth-order valence-corrected chi connectivity index (χ4v) is 3.15. The number of hydrogen-bond donors (Lipinski definition) is 3. The summed E-state index contributed by atoms with van der Waals surface area (Å²) < 4.78 is 37.5. The first-order chi connectivity index (χ1) is 17.2. The van der Waals surface area contributed by atoms with Crippen LogP contribution in [0.2, 0.25) is 0 Å². The molecule has 1 fully saturated rings. The molecule has 0 radical (unpaired) electrons. The van der Waals surface area contributed by atoms with Crippen molar-refractivity contribution in [3.63, 3.8) is 0 Å². The molecule has 0 bridgehead atoms. The minimum absolute atomic E-state index is 0.0127. The van der Waals surface area contributed by atoms with Gasteiger partial charge in [-0.1, -0.05) is 42.2 Å². The maximum absolute atomic E-state index is 12.5. The number of hydrogen-bond acceptors (Lipinski definition) is 5.